The highest BCUT2D eigenvalue weighted by molar-refractivity contribution is 5.17. The van der Waals surface area contributed by atoms with E-state index in [-0.39, 0.29) is 12.1 Å². The molecule has 2 unspecified atom stereocenters. The molecular weight excluding hydrogens is 248 g/mol. The minimum atomic E-state index is 0.0427. The Morgan fingerprint density at radius 2 is 1.90 bits per heavy atom. The van der Waals surface area contributed by atoms with Crippen molar-refractivity contribution >= 4 is 0 Å². The van der Waals surface area contributed by atoms with Crippen LogP contribution in [0.4, 0.5) is 0 Å². The van der Waals surface area contributed by atoms with Crippen LogP contribution in [-0.4, -0.2) is 27.5 Å². The minimum absolute atomic E-state index is 0.0427. The number of rotatable bonds is 6. The molecule has 2 atom stereocenters. The maximum absolute atomic E-state index is 6.22. The Labute approximate surface area is 120 Å². The maximum Gasteiger partial charge on any atom is 0.0544 e. The molecule has 4 nitrogen and oxygen atoms in total. The molecular formula is C16H22N4. The van der Waals surface area contributed by atoms with Gasteiger partial charge in [0.1, 0.15) is 0 Å². The number of pyridine rings is 2. The lowest BCUT2D eigenvalue weighted by atomic mass is 10.00. The van der Waals surface area contributed by atoms with Crippen molar-refractivity contribution in [3.8, 4) is 0 Å². The van der Waals surface area contributed by atoms with Crippen molar-refractivity contribution in [1.82, 2.24) is 14.9 Å². The van der Waals surface area contributed by atoms with E-state index in [2.05, 4.69) is 21.8 Å². The molecule has 0 aliphatic heterocycles. The highest BCUT2D eigenvalue weighted by Gasteiger charge is 2.23. The normalized spacial score (nSPS) is 14.2. The van der Waals surface area contributed by atoms with Crippen molar-refractivity contribution in [1.29, 1.82) is 0 Å². The molecule has 0 fully saturated rings. The van der Waals surface area contributed by atoms with Gasteiger partial charge in [-0.25, -0.2) is 0 Å². The van der Waals surface area contributed by atoms with E-state index in [1.54, 1.807) is 0 Å². The summed E-state index contributed by atoms with van der Waals surface area (Å²) < 4.78 is 0. The molecule has 0 amide bonds. The predicted octanol–water partition coefficient (Wildman–Crippen LogP) is 2.39. The minimum Gasteiger partial charge on any atom is -0.326 e. The summed E-state index contributed by atoms with van der Waals surface area (Å²) in [6, 6.07) is 10.3. The van der Waals surface area contributed by atoms with Crippen LogP contribution in [0.5, 0.6) is 0 Å². The van der Waals surface area contributed by atoms with Gasteiger partial charge >= 0.3 is 0 Å². The van der Waals surface area contributed by atoms with Crippen molar-refractivity contribution in [3.05, 3.63) is 60.2 Å². The first-order valence-electron chi connectivity index (χ1n) is 7.01. The smallest absolute Gasteiger partial charge is 0.0544 e. The SMILES string of the molecule is CCN(Cc1ccccn1)C(c1ccncc1)C(C)N. The van der Waals surface area contributed by atoms with Crippen LogP contribution in [-0.2, 0) is 6.54 Å². The third-order valence-corrected chi connectivity index (χ3v) is 3.44. The van der Waals surface area contributed by atoms with Gasteiger partial charge in [-0.2, -0.15) is 0 Å². The molecule has 20 heavy (non-hydrogen) atoms. The molecule has 2 aromatic rings. The molecule has 0 aliphatic rings. The summed E-state index contributed by atoms with van der Waals surface area (Å²) in [4.78, 5) is 10.8. The second kappa shape index (κ2) is 7.12. The molecule has 0 aliphatic carbocycles. The third-order valence-electron chi connectivity index (χ3n) is 3.44. The van der Waals surface area contributed by atoms with Gasteiger partial charge in [0.15, 0.2) is 0 Å². The highest BCUT2D eigenvalue weighted by Crippen LogP contribution is 2.24. The van der Waals surface area contributed by atoms with E-state index in [9.17, 15) is 0 Å². The Balaban J connectivity index is 2.22. The Hall–Kier alpha value is -1.78. The lowest BCUT2D eigenvalue weighted by molar-refractivity contribution is 0.175. The van der Waals surface area contributed by atoms with Crippen molar-refractivity contribution in [2.45, 2.75) is 32.5 Å². The lowest BCUT2D eigenvalue weighted by Gasteiger charge is -2.33. The van der Waals surface area contributed by atoms with E-state index in [1.165, 1.54) is 5.56 Å². The standard InChI is InChI=1S/C16H22N4/c1-3-20(12-15-6-4-5-9-19-15)16(13(2)17)14-7-10-18-11-8-14/h4-11,13,16H,3,12,17H2,1-2H3. The third kappa shape index (κ3) is 3.62. The molecule has 2 heterocycles. The van der Waals surface area contributed by atoms with E-state index in [0.29, 0.717) is 0 Å². The summed E-state index contributed by atoms with van der Waals surface area (Å²) in [7, 11) is 0. The zero-order chi connectivity index (χ0) is 14.4. The van der Waals surface area contributed by atoms with Crippen LogP contribution in [0.1, 0.15) is 31.1 Å². The van der Waals surface area contributed by atoms with Crippen LogP contribution in [0.2, 0.25) is 0 Å². The Kier molecular flexibility index (Phi) is 5.21. The molecule has 106 valence electrons. The van der Waals surface area contributed by atoms with Gasteiger partial charge in [-0.15, -0.1) is 0 Å². The fourth-order valence-corrected chi connectivity index (χ4v) is 2.51. The number of hydrogen-bond acceptors (Lipinski definition) is 4. The van der Waals surface area contributed by atoms with Crippen LogP contribution in [0, 0.1) is 0 Å². The zero-order valence-corrected chi connectivity index (χ0v) is 12.1. The van der Waals surface area contributed by atoms with Gasteiger partial charge in [0.2, 0.25) is 0 Å². The molecule has 0 spiro atoms. The van der Waals surface area contributed by atoms with E-state index < -0.39 is 0 Å². The second-order valence-electron chi connectivity index (χ2n) is 4.97. The molecule has 0 aromatic carbocycles. The largest absolute Gasteiger partial charge is 0.326 e. The van der Waals surface area contributed by atoms with Crippen molar-refractivity contribution in [2.75, 3.05) is 6.54 Å². The second-order valence-corrected chi connectivity index (χ2v) is 4.97. The summed E-state index contributed by atoms with van der Waals surface area (Å²) in [6.07, 6.45) is 5.47. The summed E-state index contributed by atoms with van der Waals surface area (Å²) in [6.45, 7) is 5.92. The molecule has 0 saturated heterocycles. The van der Waals surface area contributed by atoms with Crippen LogP contribution in [0.25, 0.3) is 0 Å². The van der Waals surface area contributed by atoms with E-state index in [4.69, 9.17) is 5.73 Å². The monoisotopic (exact) mass is 270 g/mol. The number of aromatic nitrogens is 2. The summed E-state index contributed by atoms with van der Waals surface area (Å²) in [5.41, 5.74) is 8.48. The van der Waals surface area contributed by atoms with E-state index >= 15 is 0 Å². The van der Waals surface area contributed by atoms with Crippen LogP contribution >= 0.6 is 0 Å². The van der Waals surface area contributed by atoms with Crippen LogP contribution in [0.3, 0.4) is 0 Å². The lowest BCUT2D eigenvalue weighted by Crippen LogP contribution is -2.39. The molecule has 0 bridgehead atoms. The molecule has 4 heteroatoms. The molecule has 2 N–H and O–H groups in total. The van der Waals surface area contributed by atoms with Gasteiger partial charge in [-0.3, -0.25) is 14.9 Å². The first kappa shape index (κ1) is 14.6. The summed E-state index contributed by atoms with van der Waals surface area (Å²) in [5.74, 6) is 0. The fraction of sp³-hybridized carbons (Fsp3) is 0.375. The topological polar surface area (TPSA) is 55.0 Å². The maximum atomic E-state index is 6.22. The van der Waals surface area contributed by atoms with Crippen molar-refractivity contribution in [3.63, 3.8) is 0 Å². The van der Waals surface area contributed by atoms with Crippen LogP contribution < -0.4 is 5.73 Å². The average Bonchev–Trinajstić information content (AvgIpc) is 2.48. The summed E-state index contributed by atoms with van der Waals surface area (Å²) in [5, 5.41) is 0. The van der Waals surface area contributed by atoms with Crippen molar-refractivity contribution in [2.24, 2.45) is 5.73 Å². The molecule has 0 saturated carbocycles. The van der Waals surface area contributed by atoms with Crippen molar-refractivity contribution < 1.29 is 0 Å². The number of nitrogens with zero attached hydrogens (tertiary/aromatic N) is 3. The predicted molar refractivity (Wildman–Crippen MR) is 80.9 cm³/mol. The quantitative estimate of drug-likeness (QED) is 0.875. The van der Waals surface area contributed by atoms with Gasteiger partial charge < -0.3 is 5.73 Å². The first-order chi connectivity index (χ1) is 9.72. The Bertz CT molecular complexity index is 498. The fourth-order valence-electron chi connectivity index (χ4n) is 2.51. The zero-order valence-electron chi connectivity index (χ0n) is 12.1. The average molecular weight is 270 g/mol. The molecule has 0 radical (unpaired) electrons. The first-order valence-corrected chi connectivity index (χ1v) is 7.01. The van der Waals surface area contributed by atoms with Gasteiger partial charge in [0.05, 0.1) is 11.7 Å². The Morgan fingerprint density at radius 3 is 2.45 bits per heavy atom. The number of likely N-dealkylation sites (N-methyl/N-ethyl adjacent to an activating group) is 1. The van der Waals surface area contributed by atoms with Crippen LogP contribution in [0.15, 0.2) is 48.9 Å². The number of hydrogen-bond donors (Lipinski definition) is 1. The summed E-state index contributed by atoms with van der Waals surface area (Å²) >= 11 is 0. The van der Waals surface area contributed by atoms with Gasteiger partial charge in [0.25, 0.3) is 0 Å². The molecule has 2 rings (SSSR count). The Morgan fingerprint density at radius 1 is 1.15 bits per heavy atom. The number of nitrogens with two attached hydrogens (primary N) is 1. The molecule has 2 aromatic heterocycles. The van der Waals surface area contributed by atoms with Gasteiger partial charge in [-0.1, -0.05) is 13.0 Å². The van der Waals surface area contributed by atoms with Gasteiger partial charge in [0, 0.05) is 31.2 Å². The van der Waals surface area contributed by atoms with Gasteiger partial charge in [-0.05, 0) is 43.3 Å². The van der Waals surface area contributed by atoms with E-state index in [0.717, 1.165) is 18.8 Å². The van der Waals surface area contributed by atoms with E-state index in [1.807, 2.05) is 55.8 Å². The highest BCUT2D eigenvalue weighted by atomic mass is 15.2.